The predicted octanol–water partition coefficient (Wildman–Crippen LogP) is 2.08. The number of carbonyl (C=O) groups is 2. The van der Waals surface area contributed by atoms with Gasteiger partial charge in [-0.2, -0.15) is 0 Å². The summed E-state index contributed by atoms with van der Waals surface area (Å²) >= 11 is 1.20. The van der Waals surface area contributed by atoms with E-state index in [0.717, 1.165) is 5.75 Å². The zero-order chi connectivity index (χ0) is 17.5. The maximum atomic E-state index is 11.8. The Hall–Kier alpha value is -3.20. The lowest BCUT2D eigenvalue weighted by Crippen LogP contribution is -2.32. The van der Waals surface area contributed by atoms with E-state index in [1.165, 1.54) is 23.7 Å². The third-order valence-corrected chi connectivity index (χ3v) is 3.79. The molecule has 0 bridgehead atoms. The number of hydrogen-bond acceptors (Lipinski definition) is 7. The number of furan rings is 1. The van der Waals surface area contributed by atoms with Crippen molar-refractivity contribution >= 4 is 28.3 Å². The smallest absolute Gasteiger partial charge is 0.287 e. The second kappa shape index (κ2) is 8.06. The molecule has 2 amide bonds. The number of benzene rings is 1. The summed E-state index contributed by atoms with van der Waals surface area (Å²) < 4.78 is 10.5. The zero-order valence-corrected chi connectivity index (χ0v) is 13.8. The molecule has 1 aromatic carbocycles. The first-order valence-electron chi connectivity index (χ1n) is 7.32. The van der Waals surface area contributed by atoms with E-state index >= 15 is 0 Å². The number of amides is 2. The molecule has 0 unspecified atom stereocenters. The van der Waals surface area contributed by atoms with Gasteiger partial charge in [0.05, 0.1) is 12.8 Å². The molecule has 2 heterocycles. The van der Waals surface area contributed by atoms with Crippen LogP contribution in [0.2, 0.25) is 0 Å². The Morgan fingerprint density at radius 2 is 1.96 bits per heavy atom. The van der Waals surface area contributed by atoms with Crippen LogP contribution in [0.25, 0.3) is 0 Å². The fraction of sp³-hybridized carbons (Fsp3) is 0.125. The molecule has 0 aliphatic heterocycles. The van der Waals surface area contributed by atoms with Gasteiger partial charge < -0.3 is 14.5 Å². The van der Waals surface area contributed by atoms with Crippen molar-refractivity contribution in [2.45, 2.75) is 6.61 Å². The van der Waals surface area contributed by atoms with E-state index in [0.29, 0.717) is 10.1 Å². The van der Waals surface area contributed by atoms with Crippen LogP contribution >= 0.6 is 11.3 Å². The van der Waals surface area contributed by atoms with Gasteiger partial charge in [0.15, 0.2) is 10.8 Å². The van der Waals surface area contributed by atoms with Crippen LogP contribution in [0.15, 0.2) is 53.1 Å². The standard InChI is InChI=1S/C16H14N4O4S/c21-13(9-17-15(22)12-7-4-8-23-12)18-16-20-19-14(25-16)10-24-11-5-2-1-3-6-11/h1-8H,9-10H2,(H,17,22)(H,18,20,21). The summed E-state index contributed by atoms with van der Waals surface area (Å²) in [7, 11) is 0. The number of carbonyl (C=O) groups excluding carboxylic acids is 2. The summed E-state index contributed by atoms with van der Waals surface area (Å²) in [5, 5.41) is 13.8. The van der Waals surface area contributed by atoms with Gasteiger partial charge in [-0.15, -0.1) is 10.2 Å². The quantitative estimate of drug-likeness (QED) is 0.670. The van der Waals surface area contributed by atoms with E-state index in [2.05, 4.69) is 20.8 Å². The van der Waals surface area contributed by atoms with E-state index in [-0.39, 0.29) is 18.9 Å². The molecule has 0 spiro atoms. The van der Waals surface area contributed by atoms with E-state index in [9.17, 15) is 9.59 Å². The number of para-hydroxylation sites is 1. The first-order chi connectivity index (χ1) is 12.2. The monoisotopic (exact) mass is 358 g/mol. The number of aromatic nitrogens is 2. The number of nitrogens with zero attached hydrogens (tertiary/aromatic N) is 2. The molecule has 2 N–H and O–H groups in total. The van der Waals surface area contributed by atoms with Crippen molar-refractivity contribution < 1.29 is 18.7 Å². The average molecular weight is 358 g/mol. The highest BCUT2D eigenvalue weighted by Gasteiger charge is 2.12. The van der Waals surface area contributed by atoms with Crippen molar-refractivity contribution in [1.29, 1.82) is 0 Å². The van der Waals surface area contributed by atoms with Gasteiger partial charge in [0.1, 0.15) is 12.4 Å². The first-order valence-corrected chi connectivity index (χ1v) is 8.14. The molecular formula is C16H14N4O4S. The predicted molar refractivity (Wildman–Crippen MR) is 90.4 cm³/mol. The molecule has 0 aliphatic rings. The molecule has 8 nitrogen and oxygen atoms in total. The van der Waals surface area contributed by atoms with Crippen molar-refractivity contribution in [3.63, 3.8) is 0 Å². The Morgan fingerprint density at radius 3 is 2.72 bits per heavy atom. The van der Waals surface area contributed by atoms with Crippen LogP contribution < -0.4 is 15.4 Å². The minimum Gasteiger partial charge on any atom is -0.486 e. The Labute approximate surface area is 146 Å². The minimum absolute atomic E-state index is 0.143. The molecular weight excluding hydrogens is 344 g/mol. The summed E-state index contributed by atoms with van der Waals surface area (Å²) in [4.78, 5) is 23.5. The molecule has 0 atom stereocenters. The van der Waals surface area contributed by atoms with Crippen molar-refractivity contribution in [2.24, 2.45) is 0 Å². The summed E-state index contributed by atoms with van der Waals surface area (Å²) in [6.07, 6.45) is 1.38. The van der Waals surface area contributed by atoms with Crippen LogP contribution in [0.3, 0.4) is 0 Å². The number of ether oxygens (including phenoxy) is 1. The van der Waals surface area contributed by atoms with Gasteiger partial charge in [-0.3, -0.25) is 14.9 Å². The Bertz CT molecular complexity index is 833. The van der Waals surface area contributed by atoms with E-state index in [4.69, 9.17) is 9.15 Å². The molecule has 0 saturated heterocycles. The summed E-state index contributed by atoms with van der Waals surface area (Å²) in [6.45, 7) is 0.0573. The molecule has 3 rings (SSSR count). The third-order valence-electron chi connectivity index (χ3n) is 2.97. The van der Waals surface area contributed by atoms with Crippen molar-refractivity contribution in [2.75, 3.05) is 11.9 Å². The largest absolute Gasteiger partial charge is 0.486 e. The van der Waals surface area contributed by atoms with Gasteiger partial charge in [-0.1, -0.05) is 29.5 Å². The summed E-state index contributed by atoms with van der Waals surface area (Å²) in [6, 6.07) is 12.4. The second-order valence-electron chi connectivity index (χ2n) is 4.81. The van der Waals surface area contributed by atoms with Crippen molar-refractivity contribution in [1.82, 2.24) is 15.5 Å². The van der Waals surface area contributed by atoms with Gasteiger partial charge in [-0.05, 0) is 24.3 Å². The van der Waals surface area contributed by atoms with Gasteiger partial charge >= 0.3 is 0 Å². The van der Waals surface area contributed by atoms with E-state index < -0.39 is 11.8 Å². The lowest BCUT2D eigenvalue weighted by atomic mass is 10.3. The van der Waals surface area contributed by atoms with Crippen LogP contribution in [-0.4, -0.2) is 28.6 Å². The van der Waals surface area contributed by atoms with Gasteiger partial charge in [0.2, 0.25) is 11.0 Å². The minimum atomic E-state index is -0.464. The molecule has 0 radical (unpaired) electrons. The van der Waals surface area contributed by atoms with Crippen LogP contribution in [-0.2, 0) is 11.4 Å². The normalized spacial score (nSPS) is 10.2. The molecule has 25 heavy (non-hydrogen) atoms. The van der Waals surface area contributed by atoms with E-state index in [1.54, 1.807) is 6.07 Å². The number of anilines is 1. The highest BCUT2D eigenvalue weighted by Crippen LogP contribution is 2.17. The summed E-state index contributed by atoms with van der Waals surface area (Å²) in [5.41, 5.74) is 0. The van der Waals surface area contributed by atoms with Crippen molar-refractivity contribution in [3.8, 4) is 5.75 Å². The molecule has 128 valence electrons. The van der Waals surface area contributed by atoms with Gasteiger partial charge in [0, 0.05) is 0 Å². The molecule has 0 saturated carbocycles. The second-order valence-corrected chi connectivity index (χ2v) is 5.87. The van der Waals surface area contributed by atoms with Gasteiger partial charge in [0.25, 0.3) is 5.91 Å². The van der Waals surface area contributed by atoms with Crippen molar-refractivity contribution in [3.05, 3.63) is 59.5 Å². The zero-order valence-electron chi connectivity index (χ0n) is 13.0. The average Bonchev–Trinajstić information content (AvgIpc) is 3.31. The molecule has 0 aliphatic carbocycles. The molecule has 9 heteroatoms. The van der Waals surface area contributed by atoms with Crippen LogP contribution in [0.5, 0.6) is 5.75 Å². The Morgan fingerprint density at radius 1 is 1.12 bits per heavy atom. The highest BCUT2D eigenvalue weighted by molar-refractivity contribution is 7.15. The topological polar surface area (TPSA) is 106 Å². The molecule has 0 fully saturated rings. The summed E-state index contributed by atoms with van der Waals surface area (Å²) in [5.74, 6) is -0.00562. The fourth-order valence-electron chi connectivity index (χ4n) is 1.84. The Balaban J connectivity index is 1.44. The number of hydrogen-bond donors (Lipinski definition) is 2. The first kappa shape index (κ1) is 16.7. The molecule has 3 aromatic rings. The van der Waals surface area contributed by atoms with Gasteiger partial charge in [-0.25, -0.2) is 0 Å². The lowest BCUT2D eigenvalue weighted by molar-refractivity contribution is -0.115. The number of nitrogens with one attached hydrogen (secondary N) is 2. The maximum Gasteiger partial charge on any atom is 0.287 e. The van der Waals surface area contributed by atoms with Crippen LogP contribution in [0, 0.1) is 0 Å². The lowest BCUT2D eigenvalue weighted by Gasteiger charge is -2.03. The third kappa shape index (κ3) is 4.88. The highest BCUT2D eigenvalue weighted by atomic mass is 32.1. The number of rotatable bonds is 7. The van der Waals surface area contributed by atoms with Crippen LogP contribution in [0.1, 0.15) is 15.6 Å². The molecule has 2 aromatic heterocycles. The fourth-order valence-corrected chi connectivity index (χ4v) is 2.51. The maximum absolute atomic E-state index is 11.8. The Kier molecular flexibility index (Phi) is 5.37. The van der Waals surface area contributed by atoms with E-state index in [1.807, 2.05) is 30.3 Å². The SMILES string of the molecule is O=C(CNC(=O)c1ccco1)Nc1nnc(COc2ccccc2)s1. The van der Waals surface area contributed by atoms with Crippen LogP contribution in [0.4, 0.5) is 5.13 Å².